The maximum absolute atomic E-state index is 11.9. The van der Waals surface area contributed by atoms with Gasteiger partial charge in [0.25, 0.3) is 0 Å². The SMILES string of the molecule is CCCC(=O)NC(C)CC(=O)c1ccccc1O. The molecule has 1 unspecified atom stereocenters. The van der Waals surface area contributed by atoms with Gasteiger partial charge in [-0.3, -0.25) is 9.59 Å². The minimum atomic E-state index is -0.226. The monoisotopic (exact) mass is 249 g/mol. The zero-order valence-corrected chi connectivity index (χ0v) is 10.8. The molecule has 0 aromatic heterocycles. The number of Topliss-reactive ketones (excluding diaryl/α,β-unsaturated/α-hetero) is 1. The molecule has 0 aliphatic carbocycles. The Labute approximate surface area is 107 Å². The van der Waals surface area contributed by atoms with Gasteiger partial charge in [-0.05, 0) is 25.5 Å². The molecule has 1 aromatic rings. The van der Waals surface area contributed by atoms with Crippen LogP contribution in [-0.2, 0) is 4.79 Å². The van der Waals surface area contributed by atoms with Gasteiger partial charge in [0.15, 0.2) is 5.78 Å². The van der Waals surface area contributed by atoms with Crippen LogP contribution in [0.1, 0.15) is 43.5 Å². The summed E-state index contributed by atoms with van der Waals surface area (Å²) in [6, 6.07) is 6.20. The van der Waals surface area contributed by atoms with Gasteiger partial charge in [-0.15, -0.1) is 0 Å². The van der Waals surface area contributed by atoms with E-state index in [2.05, 4.69) is 5.32 Å². The van der Waals surface area contributed by atoms with Gasteiger partial charge < -0.3 is 10.4 Å². The second-order valence-corrected chi connectivity index (χ2v) is 4.36. The average Bonchev–Trinajstić information content (AvgIpc) is 2.29. The zero-order valence-electron chi connectivity index (χ0n) is 10.8. The maximum Gasteiger partial charge on any atom is 0.220 e. The Morgan fingerprint density at radius 2 is 2.00 bits per heavy atom. The van der Waals surface area contributed by atoms with Crippen molar-refractivity contribution in [3.05, 3.63) is 29.8 Å². The van der Waals surface area contributed by atoms with Gasteiger partial charge in [-0.2, -0.15) is 0 Å². The van der Waals surface area contributed by atoms with Crippen molar-refractivity contribution in [2.45, 2.75) is 39.2 Å². The molecule has 18 heavy (non-hydrogen) atoms. The highest BCUT2D eigenvalue weighted by Crippen LogP contribution is 2.18. The first-order valence-electron chi connectivity index (χ1n) is 6.15. The number of phenols is 1. The van der Waals surface area contributed by atoms with E-state index in [4.69, 9.17) is 0 Å². The van der Waals surface area contributed by atoms with Crippen molar-refractivity contribution in [3.63, 3.8) is 0 Å². The molecule has 0 saturated carbocycles. The number of ketones is 1. The van der Waals surface area contributed by atoms with E-state index in [1.54, 1.807) is 25.1 Å². The lowest BCUT2D eigenvalue weighted by Gasteiger charge is -2.13. The van der Waals surface area contributed by atoms with Gasteiger partial charge in [0.1, 0.15) is 5.75 Å². The van der Waals surface area contributed by atoms with Crippen LogP contribution in [-0.4, -0.2) is 22.8 Å². The molecule has 1 rings (SSSR count). The molecule has 0 fully saturated rings. The summed E-state index contributed by atoms with van der Waals surface area (Å²) in [6.45, 7) is 3.71. The third kappa shape index (κ3) is 4.20. The van der Waals surface area contributed by atoms with Crippen LogP contribution in [0, 0.1) is 0 Å². The van der Waals surface area contributed by atoms with E-state index in [9.17, 15) is 14.7 Å². The van der Waals surface area contributed by atoms with Crippen LogP contribution in [0.2, 0.25) is 0 Å². The Hall–Kier alpha value is -1.84. The van der Waals surface area contributed by atoms with Gasteiger partial charge in [0.05, 0.1) is 5.56 Å². The van der Waals surface area contributed by atoms with E-state index in [0.29, 0.717) is 12.0 Å². The average molecular weight is 249 g/mol. The fourth-order valence-corrected chi connectivity index (χ4v) is 1.72. The Morgan fingerprint density at radius 1 is 1.33 bits per heavy atom. The first-order valence-corrected chi connectivity index (χ1v) is 6.15. The number of rotatable bonds is 6. The number of hydrogen-bond donors (Lipinski definition) is 2. The summed E-state index contributed by atoms with van der Waals surface area (Å²) >= 11 is 0. The summed E-state index contributed by atoms with van der Waals surface area (Å²) in [5, 5.41) is 12.3. The largest absolute Gasteiger partial charge is 0.507 e. The molecule has 0 aliphatic heterocycles. The van der Waals surface area contributed by atoms with E-state index in [1.807, 2.05) is 6.92 Å². The second-order valence-electron chi connectivity index (χ2n) is 4.36. The molecule has 1 aromatic carbocycles. The van der Waals surface area contributed by atoms with Crippen LogP contribution < -0.4 is 5.32 Å². The van der Waals surface area contributed by atoms with Crippen molar-refractivity contribution < 1.29 is 14.7 Å². The summed E-state index contributed by atoms with van der Waals surface area (Å²) < 4.78 is 0. The number of amides is 1. The van der Waals surface area contributed by atoms with Crippen molar-refractivity contribution in [2.24, 2.45) is 0 Å². The number of phenolic OH excluding ortho intramolecular Hbond substituents is 1. The van der Waals surface area contributed by atoms with Gasteiger partial charge in [0, 0.05) is 18.9 Å². The van der Waals surface area contributed by atoms with E-state index in [1.165, 1.54) is 6.07 Å². The zero-order chi connectivity index (χ0) is 13.5. The molecule has 0 saturated heterocycles. The molecule has 0 spiro atoms. The van der Waals surface area contributed by atoms with Crippen LogP contribution in [0.5, 0.6) is 5.75 Å². The predicted octanol–water partition coefficient (Wildman–Crippen LogP) is 2.27. The number of carbonyl (C=O) groups is 2. The van der Waals surface area contributed by atoms with Crippen LogP contribution in [0.3, 0.4) is 0 Å². The van der Waals surface area contributed by atoms with Gasteiger partial charge in [-0.25, -0.2) is 0 Å². The van der Waals surface area contributed by atoms with E-state index >= 15 is 0 Å². The van der Waals surface area contributed by atoms with E-state index < -0.39 is 0 Å². The Balaban J connectivity index is 2.55. The lowest BCUT2D eigenvalue weighted by molar-refractivity contribution is -0.121. The fraction of sp³-hybridized carbons (Fsp3) is 0.429. The molecule has 0 heterocycles. The molecule has 2 N–H and O–H groups in total. The normalized spacial score (nSPS) is 11.9. The minimum absolute atomic E-state index is 0.0189. The van der Waals surface area contributed by atoms with Crippen molar-refractivity contribution >= 4 is 11.7 Å². The van der Waals surface area contributed by atoms with Crippen LogP contribution in [0.25, 0.3) is 0 Å². The summed E-state index contributed by atoms with van der Waals surface area (Å²) in [5.41, 5.74) is 0.300. The van der Waals surface area contributed by atoms with Crippen molar-refractivity contribution in [1.82, 2.24) is 5.32 Å². The molecule has 4 heteroatoms. The molecule has 4 nitrogen and oxygen atoms in total. The highest BCUT2D eigenvalue weighted by atomic mass is 16.3. The lowest BCUT2D eigenvalue weighted by Crippen LogP contribution is -2.33. The van der Waals surface area contributed by atoms with Crippen LogP contribution >= 0.6 is 0 Å². The first kappa shape index (κ1) is 14.2. The smallest absolute Gasteiger partial charge is 0.220 e. The molecule has 98 valence electrons. The number of aromatic hydroxyl groups is 1. The molecule has 0 bridgehead atoms. The molecule has 1 atom stereocenters. The summed E-state index contributed by atoms with van der Waals surface area (Å²) in [5.74, 6) is -0.234. The highest BCUT2D eigenvalue weighted by Gasteiger charge is 2.15. The quantitative estimate of drug-likeness (QED) is 0.760. The van der Waals surface area contributed by atoms with Crippen molar-refractivity contribution in [3.8, 4) is 5.75 Å². The summed E-state index contributed by atoms with van der Waals surface area (Å²) in [7, 11) is 0. The van der Waals surface area contributed by atoms with Crippen molar-refractivity contribution in [2.75, 3.05) is 0 Å². The van der Waals surface area contributed by atoms with Crippen molar-refractivity contribution in [1.29, 1.82) is 0 Å². The molecule has 0 radical (unpaired) electrons. The fourth-order valence-electron chi connectivity index (χ4n) is 1.72. The predicted molar refractivity (Wildman–Crippen MR) is 69.6 cm³/mol. The minimum Gasteiger partial charge on any atom is -0.507 e. The lowest BCUT2D eigenvalue weighted by atomic mass is 10.0. The van der Waals surface area contributed by atoms with E-state index in [-0.39, 0.29) is 29.9 Å². The first-order chi connectivity index (χ1) is 8.54. The Morgan fingerprint density at radius 3 is 2.61 bits per heavy atom. The summed E-state index contributed by atoms with van der Waals surface area (Å²) in [6.07, 6.45) is 1.44. The number of nitrogens with one attached hydrogen (secondary N) is 1. The van der Waals surface area contributed by atoms with Crippen LogP contribution in [0.4, 0.5) is 0 Å². The number of benzene rings is 1. The molecule has 1 amide bonds. The molecule has 0 aliphatic rings. The highest BCUT2D eigenvalue weighted by molar-refractivity contribution is 5.99. The third-order valence-electron chi connectivity index (χ3n) is 2.58. The van der Waals surface area contributed by atoms with Gasteiger partial charge in [-0.1, -0.05) is 19.1 Å². The second kappa shape index (κ2) is 6.79. The van der Waals surface area contributed by atoms with Crippen LogP contribution in [0.15, 0.2) is 24.3 Å². The Kier molecular flexibility index (Phi) is 5.36. The van der Waals surface area contributed by atoms with Gasteiger partial charge in [0.2, 0.25) is 5.91 Å². The number of carbonyl (C=O) groups excluding carboxylic acids is 2. The van der Waals surface area contributed by atoms with Gasteiger partial charge >= 0.3 is 0 Å². The number of para-hydroxylation sites is 1. The molecular weight excluding hydrogens is 230 g/mol. The summed E-state index contributed by atoms with van der Waals surface area (Å²) in [4.78, 5) is 23.3. The standard InChI is InChI=1S/C14H19NO3/c1-3-6-14(18)15-10(2)9-13(17)11-7-4-5-8-12(11)16/h4-5,7-8,10,16H,3,6,9H2,1-2H3,(H,15,18). The number of hydrogen-bond acceptors (Lipinski definition) is 3. The Bertz CT molecular complexity index is 429. The maximum atomic E-state index is 11.9. The van der Waals surface area contributed by atoms with E-state index in [0.717, 1.165) is 6.42 Å². The topological polar surface area (TPSA) is 66.4 Å². The third-order valence-corrected chi connectivity index (χ3v) is 2.58. The molecular formula is C14H19NO3.